The number of para-hydroxylation sites is 1. The average molecular weight is 402 g/mol. The minimum Gasteiger partial charge on any atom is -0.489 e. The summed E-state index contributed by atoms with van der Waals surface area (Å²) in [4.78, 5) is 13.0. The first kappa shape index (κ1) is 18.9. The van der Waals surface area contributed by atoms with Crippen molar-refractivity contribution in [3.05, 3.63) is 59.4 Å². The van der Waals surface area contributed by atoms with E-state index in [0.717, 1.165) is 54.3 Å². The zero-order valence-corrected chi connectivity index (χ0v) is 17.4. The second-order valence-corrected chi connectivity index (χ2v) is 8.27. The number of carbonyl (C=O) groups excluding carboxylic acids is 1. The van der Waals surface area contributed by atoms with Gasteiger partial charge in [-0.25, -0.2) is 0 Å². The van der Waals surface area contributed by atoms with Gasteiger partial charge in [0.05, 0.1) is 5.56 Å². The van der Waals surface area contributed by atoms with Crippen LogP contribution in [0.25, 0.3) is 11.4 Å². The van der Waals surface area contributed by atoms with E-state index in [2.05, 4.69) is 27.0 Å². The molecule has 6 heteroatoms. The van der Waals surface area contributed by atoms with E-state index in [4.69, 9.17) is 4.74 Å². The van der Waals surface area contributed by atoms with E-state index in [1.165, 1.54) is 6.42 Å². The number of aryl methyl sites for hydroxylation is 1. The molecule has 0 fully saturated rings. The highest BCUT2D eigenvalue weighted by Gasteiger charge is 2.31. The molecule has 2 aromatic carbocycles. The molecule has 2 aliphatic heterocycles. The van der Waals surface area contributed by atoms with Crippen LogP contribution in [-0.4, -0.2) is 26.8 Å². The van der Waals surface area contributed by atoms with Crippen molar-refractivity contribution in [2.75, 3.05) is 5.32 Å². The Morgan fingerprint density at radius 1 is 1.10 bits per heavy atom. The van der Waals surface area contributed by atoms with Gasteiger partial charge in [0.25, 0.3) is 5.91 Å². The zero-order chi connectivity index (χ0) is 20.7. The summed E-state index contributed by atoms with van der Waals surface area (Å²) in [5.41, 5.74) is 3.37. The number of nitrogens with one attached hydrogen (secondary N) is 1. The number of amides is 1. The summed E-state index contributed by atoms with van der Waals surface area (Å²) in [7, 11) is 0. The first-order valence-corrected chi connectivity index (χ1v) is 10.8. The number of carbonyl (C=O) groups is 1. The highest BCUT2D eigenvalue weighted by molar-refractivity contribution is 6.06. The van der Waals surface area contributed by atoms with E-state index in [9.17, 15) is 4.79 Å². The molecule has 1 amide bonds. The molecule has 2 atom stereocenters. The highest BCUT2D eigenvalue weighted by atomic mass is 16.5. The standard InChI is InChI=1S/C24H26N4O2/c1-15-16(2)30-22-19(15)10-7-11-20(22)24(29)25-18-9-6-8-17(14-18)23-27-26-21-12-4-3-5-13-28(21)23/h6-11,14-16H,3-5,12-13H2,1-2H3,(H,25,29). The van der Waals surface area contributed by atoms with Crippen molar-refractivity contribution in [2.45, 2.75) is 58.1 Å². The van der Waals surface area contributed by atoms with Crippen molar-refractivity contribution < 1.29 is 9.53 Å². The summed E-state index contributed by atoms with van der Waals surface area (Å²) in [5.74, 6) is 2.74. The lowest BCUT2D eigenvalue weighted by Gasteiger charge is -2.11. The van der Waals surface area contributed by atoms with E-state index in [1.807, 2.05) is 49.4 Å². The Hall–Kier alpha value is -3.15. The molecule has 2 aliphatic rings. The number of ether oxygens (including phenoxy) is 1. The quantitative estimate of drug-likeness (QED) is 0.683. The smallest absolute Gasteiger partial charge is 0.259 e. The van der Waals surface area contributed by atoms with Gasteiger partial charge >= 0.3 is 0 Å². The number of rotatable bonds is 3. The first-order valence-electron chi connectivity index (χ1n) is 10.8. The lowest BCUT2D eigenvalue weighted by atomic mass is 9.97. The predicted molar refractivity (Wildman–Crippen MR) is 116 cm³/mol. The summed E-state index contributed by atoms with van der Waals surface area (Å²) in [6.45, 7) is 5.11. The predicted octanol–water partition coefficient (Wildman–Crippen LogP) is 4.81. The molecule has 0 saturated heterocycles. The Balaban J connectivity index is 1.42. The topological polar surface area (TPSA) is 69.0 Å². The van der Waals surface area contributed by atoms with Crippen LogP contribution in [0.1, 0.15) is 60.8 Å². The summed E-state index contributed by atoms with van der Waals surface area (Å²) >= 11 is 0. The third-order valence-corrected chi connectivity index (χ3v) is 6.28. The second kappa shape index (κ2) is 7.59. The maximum atomic E-state index is 13.0. The zero-order valence-electron chi connectivity index (χ0n) is 17.4. The van der Waals surface area contributed by atoms with Crippen LogP contribution < -0.4 is 10.1 Å². The van der Waals surface area contributed by atoms with Gasteiger partial charge in [0, 0.05) is 35.7 Å². The Kier molecular flexibility index (Phi) is 4.77. The van der Waals surface area contributed by atoms with E-state index in [0.29, 0.717) is 11.3 Å². The van der Waals surface area contributed by atoms with Gasteiger partial charge in [-0.2, -0.15) is 0 Å². The molecule has 2 unspecified atom stereocenters. The Morgan fingerprint density at radius 2 is 1.97 bits per heavy atom. The van der Waals surface area contributed by atoms with Crippen LogP contribution >= 0.6 is 0 Å². The van der Waals surface area contributed by atoms with Gasteiger partial charge in [0.1, 0.15) is 17.7 Å². The number of benzene rings is 2. The molecular weight excluding hydrogens is 376 g/mol. The lowest BCUT2D eigenvalue weighted by molar-refractivity contribution is 0.102. The van der Waals surface area contributed by atoms with E-state index in [-0.39, 0.29) is 17.9 Å². The van der Waals surface area contributed by atoms with Gasteiger partial charge in [-0.05, 0) is 38.0 Å². The van der Waals surface area contributed by atoms with Crippen LogP contribution in [0.15, 0.2) is 42.5 Å². The number of anilines is 1. The molecular formula is C24H26N4O2. The van der Waals surface area contributed by atoms with Gasteiger partial charge in [0.15, 0.2) is 5.82 Å². The van der Waals surface area contributed by atoms with Gasteiger partial charge in [-0.1, -0.05) is 37.6 Å². The van der Waals surface area contributed by atoms with Crippen LogP contribution in [0, 0.1) is 0 Å². The lowest BCUT2D eigenvalue weighted by Crippen LogP contribution is -2.14. The summed E-state index contributed by atoms with van der Waals surface area (Å²) in [5, 5.41) is 11.9. The summed E-state index contributed by atoms with van der Waals surface area (Å²) < 4.78 is 8.20. The number of hydrogen-bond acceptors (Lipinski definition) is 4. The van der Waals surface area contributed by atoms with Crippen LogP contribution in [-0.2, 0) is 13.0 Å². The van der Waals surface area contributed by atoms with Gasteiger partial charge < -0.3 is 14.6 Å². The van der Waals surface area contributed by atoms with Crippen LogP contribution in [0.3, 0.4) is 0 Å². The second-order valence-electron chi connectivity index (χ2n) is 8.27. The number of fused-ring (bicyclic) bond motifs is 2. The highest BCUT2D eigenvalue weighted by Crippen LogP contribution is 2.40. The monoisotopic (exact) mass is 402 g/mol. The number of aromatic nitrogens is 3. The molecule has 0 bridgehead atoms. The fourth-order valence-corrected chi connectivity index (χ4v) is 4.40. The van der Waals surface area contributed by atoms with Gasteiger partial charge in [0.2, 0.25) is 0 Å². The van der Waals surface area contributed by atoms with Crippen molar-refractivity contribution in [1.29, 1.82) is 0 Å². The summed E-state index contributed by atoms with van der Waals surface area (Å²) in [6.07, 6.45) is 4.57. The molecule has 0 spiro atoms. The van der Waals surface area contributed by atoms with Gasteiger partial charge in [-0.15, -0.1) is 10.2 Å². The minimum absolute atomic E-state index is 0.0699. The molecule has 154 valence electrons. The molecule has 0 saturated carbocycles. The van der Waals surface area contributed by atoms with Crippen LogP contribution in [0.4, 0.5) is 5.69 Å². The number of nitrogens with zero attached hydrogens (tertiary/aromatic N) is 3. The van der Waals surface area contributed by atoms with E-state index < -0.39 is 0 Å². The molecule has 30 heavy (non-hydrogen) atoms. The van der Waals surface area contributed by atoms with Gasteiger partial charge in [-0.3, -0.25) is 4.79 Å². The number of hydrogen-bond donors (Lipinski definition) is 1. The molecule has 0 aliphatic carbocycles. The summed E-state index contributed by atoms with van der Waals surface area (Å²) in [6, 6.07) is 13.6. The van der Waals surface area contributed by atoms with Crippen molar-refractivity contribution in [3.63, 3.8) is 0 Å². The maximum Gasteiger partial charge on any atom is 0.259 e. The third-order valence-electron chi connectivity index (χ3n) is 6.28. The molecule has 6 nitrogen and oxygen atoms in total. The SMILES string of the molecule is CC1Oc2c(C(=O)Nc3cccc(-c4nnc5n4CCCCC5)c3)cccc2C1C. The van der Waals surface area contributed by atoms with E-state index in [1.54, 1.807) is 0 Å². The fourth-order valence-electron chi connectivity index (χ4n) is 4.40. The van der Waals surface area contributed by atoms with Crippen molar-refractivity contribution in [1.82, 2.24) is 14.8 Å². The van der Waals surface area contributed by atoms with E-state index >= 15 is 0 Å². The van der Waals surface area contributed by atoms with Crippen LogP contribution in [0.2, 0.25) is 0 Å². The normalized spacial score (nSPS) is 20.1. The average Bonchev–Trinajstić information content (AvgIpc) is 3.19. The largest absolute Gasteiger partial charge is 0.489 e. The Bertz CT molecular complexity index is 1100. The molecule has 1 aromatic heterocycles. The van der Waals surface area contributed by atoms with Crippen molar-refractivity contribution in [3.8, 4) is 17.1 Å². The molecule has 5 rings (SSSR count). The van der Waals surface area contributed by atoms with Crippen molar-refractivity contribution in [2.24, 2.45) is 0 Å². The first-order chi connectivity index (χ1) is 14.6. The third kappa shape index (κ3) is 3.26. The molecule has 3 aromatic rings. The Labute approximate surface area is 176 Å². The Morgan fingerprint density at radius 3 is 2.87 bits per heavy atom. The molecule has 1 N–H and O–H groups in total. The van der Waals surface area contributed by atoms with Crippen LogP contribution in [0.5, 0.6) is 5.75 Å². The fraction of sp³-hybridized carbons (Fsp3) is 0.375. The minimum atomic E-state index is -0.162. The maximum absolute atomic E-state index is 13.0. The van der Waals surface area contributed by atoms with Crippen molar-refractivity contribution >= 4 is 11.6 Å². The molecule has 0 radical (unpaired) electrons. The molecule has 3 heterocycles.